The molecule has 1 atom stereocenters. The van der Waals surface area contributed by atoms with Crippen molar-refractivity contribution in [1.82, 2.24) is 9.97 Å². The Labute approximate surface area is 105 Å². The number of hydrogen-bond donors (Lipinski definition) is 0. The van der Waals surface area contributed by atoms with Crippen molar-refractivity contribution in [2.75, 3.05) is 18.0 Å². The Morgan fingerprint density at radius 1 is 1.44 bits per heavy atom. The molecule has 0 N–H and O–H groups in total. The van der Waals surface area contributed by atoms with Crippen LogP contribution >= 0.6 is 15.9 Å². The lowest BCUT2D eigenvalue weighted by molar-refractivity contribution is 0.459. The molecule has 4 heteroatoms. The Kier molecular flexibility index (Phi) is 4.16. The molecule has 2 heterocycles. The van der Waals surface area contributed by atoms with Crippen LogP contribution in [0.15, 0.2) is 17.0 Å². The molecule has 0 bridgehead atoms. The van der Waals surface area contributed by atoms with Gasteiger partial charge in [0.05, 0.1) is 4.47 Å². The molecular formula is C12H18BrN3. The van der Waals surface area contributed by atoms with Crippen molar-refractivity contribution in [3.63, 3.8) is 0 Å². The van der Waals surface area contributed by atoms with Crippen LogP contribution in [0.2, 0.25) is 0 Å². The standard InChI is InChI=1S/C12H18BrN3/c1-2-10-4-3-6-16(7-5-10)12-11(13)8-14-9-15-12/h8-10H,2-7H2,1H3. The molecule has 0 aliphatic carbocycles. The summed E-state index contributed by atoms with van der Waals surface area (Å²) in [6.45, 7) is 4.53. The summed E-state index contributed by atoms with van der Waals surface area (Å²) in [6.07, 6.45) is 8.67. The first-order chi connectivity index (χ1) is 7.81. The lowest BCUT2D eigenvalue weighted by Crippen LogP contribution is -2.25. The minimum absolute atomic E-state index is 0.894. The van der Waals surface area contributed by atoms with Gasteiger partial charge in [-0.05, 0) is 41.1 Å². The van der Waals surface area contributed by atoms with Crippen molar-refractivity contribution in [2.45, 2.75) is 32.6 Å². The van der Waals surface area contributed by atoms with Gasteiger partial charge in [-0.2, -0.15) is 0 Å². The third-order valence-corrected chi connectivity index (χ3v) is 3.93. The molecule has 0 saturated carbocycles. The van der Waals surface area contributed by atoms with Crippen LogP contribution < -0.4 is 4.90 Å². The van der Waals surface area contributed by atoms with Crippen molar-refractivity contribution in [3.8, 4) is 0 Å². The molecule has 0 radical (unpaired) electrons. The number of halogens is 1. The number of hydrogen-bond acceptors (Lipinski definition) is 3. The number of nitrogens with zero attached hydrogens (tertiary/aromatic N) is 3. The first-order valence-electron chi connectivity index (χ1n) is 6.01. The van der Waals surface area contributed by atoms with Crippen LogP contribution in [-0.4, -0.2) is 23.1 Å². The predicted molar refractivity (Wildman–Crippen MR) is 69.6 cm³/mol. The van der Waals surface area contributed by atoms with Crippen LogP contribution in [0.3, 0.4) is 0 Å². The smallest absolute Gasteiger partial charge is 0.146 e. The van der Waals surface area contributed by atoms with Gasteiger partial charge in [-0.15, -0.1) is 0 Å². The van der Waals surface area contributed by atoms with Gasteiger partial charge in [-0.25, -0.2) is 9.97 Å². The zero-order valence-corrected chi connectivity index (χ0v) is 11.3. The molecule has 1 aromatic heterocycles. The molecular weight excluding hydrogens is 266 g/mol. The maximum absolute atomic E-state index is 4.36. The fraction of sp³-hybridized carbons (Fsp3) is 0.667. The number of aromatic nitrogens is 2. The van der Waals surface area contributed by atoms with E-state index < -0.39 is 0 Å². The van der Waals surface area contributed by atoms with E-state index in [0.29, 0.717) is 0 Å². The second kappa shape index (κ2) is 5.62. The van der Waals surface area contributed by atoms with E-state index in [-0.39, 0.29) is 0 Å². The summed E-state index contributed by atoms with van der Waals surface area (Å²) < 4.78 is 1.00. The second-order valence-corrected chi connectivity index (χ2v) is 5.24. The van der Waals surface area contributed by atoms with E-state index in [1.54, 1.807) is 6.33 Å². The van der Waals surface area contributed by atoms with E-state index in [9.17, 15) is 0 Å². The zero-order chi connectivity index (χ0) is 11.4. The van der Waals surface area contributed by atoms with Gasteiger partial charge >= 0.3 is 0 Å². The minimum Gasteiger partial charge on any atom is -0.356 e. The van der Waals surface area contributed by atoms with Crippen molar-refractivity contribution < 1.29 is 0 Å². The Hall–Kier alpha value is -0.640. The van der Waals surface area contributed by atoms with E-state index in [1.165, 1.54) is 25.7 Å². The molecule has 1 aliphatic heterocycles. The van der Waals surface area contributed by atoms with E-state index in [2.05, 4.69) is 37.7 Å². The predicted octanol–water partition coefficient (Wildman–Crippen LogP) is 3.26. The fourth-order valence-corrected chi connectivity index (χ4v) is 2.80. The first-order valence-corrected chi connectivity index (χ1v) is 6.81. The monoisotopic (exact) mass is 283 g/mol. The maximum Gasteiger partial charge on any atom is 0.146 e. The summed E-state index contributed by atoms with van der Waals surface area (Å²) in [4.78, 5) is 10.7. The third kappa shape index (κ3) is 2.73. The molecule has 1 aromatic rings. The molecule has 1 saturated heterocycles. The highest BCUT2D eigenvalue weighted by Crippen LogP contribution is 2.27. The van der Waals surface area contributed by atoms with E-state index in [4.69, 9.17) is 0 Å². The van der Waals surface area contributed by atoms with Gasteiger partial charge in [-0.3, -0.25) is 0 Å². The zero-order valence-electron chi connectivity index (χ0n) is 9.69. The van der Waals surface area contributed by atoms with Gasteiger partial charge < -0.3 is 4.90 Å². The maximum atomic E-state index is 4.36. The molecule has 16 heavy (non-hydrogen) atoms. The van der Waals surface area contributed by atoms with Gasteiger partial charge in [0.1, 0.15) is 12.1 Å². The molecule has 3 nitrogen and oxygen atoms in total. The number of rotatable bonds is 2. The highest BCUT2D eigenvalue weighted by atomic mass is 79.9. The highest BCUT2D eigenvalue weighted by molar-refractivity contribution is 9.10. The van der Waals surface area contributed by atoms with Crippen LogP contribution in [0.5, 0.6) is 0 Å². The lowest BCUT2D eigenvalue weighted by atomic mass is 9.98. The topological polar surface area (TPSA) is 29.0 Å². The van der Waals surface area contributed by atoms with Crippen LogP contribution in [0, 0.1) is 5.92 Å². The van der Waals surface area contributed by atoms with Crippen LogP contribution in [-0.2, 0) is 0 Å². The number of anilines is 1. The average Bonchev–Trinajstić information content (AvgIpc) is 2.55. The minimum atomic E-state index is 0.894. The summed E-state index contributed by atoms with van der Waals surface area (Å²) in [6, 6.07) is 0. The Balaban J connectivity index is 2.08. The summed E-state index contributed by atoms with van der Waals surface area (Å²) in [5.74, 6) is 1.94. The van der Waals surface area contributed by atoms with Crippen molar-refractivity contribution in [1.29, 1.82) is 0 Å². The van der Waals surface area contributed by atoms with Crippen molar-refractivity contribution in [3.05, 3.63) is 17.0 Å². The fourth-order valence-electron chi connectivity index (χ4n) is 2.32. The van der Waals surface area contributed by atoms with Crippen LogP contribution in [0.25, 0.3) is 0 Å². The second-order valence-electron chi connectivity index (χ2n) is 4.39. The molecule has 2 rings (SSSR count). The largest absolute Gasteiger partial charge is 0.356 e. The van der Waals surface area contributed by atoms with Gasteiger partial charge in [0.2, 0.25) is 0 Å². The van der Waals surface area contributed by atoms with E-state index in [1.807, 2.05) is 6.20 Å². The SMILES string of the molecule is CCC1CCCN(c2ncncc2Br)CC1. The Morgan fingerprint density at radius 2 is 2.31 bits per heavy atom. The molecule has 0 amide bonds. The van der Waals surface area contributed by atoms with Gasteiger partial charge in [0.25, 0.3) is 0 Å². The molecule has 1 unspecified atom stereocenters. The van der Waals surface area contributed by atoms with Crippen LogP contribution in [0.1, 0.15) is 32.6 Å². The van der Waals surface area contributed by atoms with Crippen molar-refractivity contribution >= 4 is 21.7 Å². The first kappa shape index (κ1) is 11.8. The highest BCUT2D eigenvalue weighted by Gasteiger charge is 2.18. The van der Waals surface area contributed by atoms with E-state index in [0.717, 1.165) is 29.3 Å². The molecule has 1 fully saturated rings. The van der Waals surface area contributed by atoms with Gasteiger partial charge in [0, 0.05) is 19.3 Å². The van der Waals surface area contributed by atoms with Crippen molar-refractivity contribution in [2.24, 2.45) is 5.92 Å². The average molecular weight is 284 g/mol. The molecule has 1 aliphatic rings. The van der Waals surface area contributed by atoms with Gasteiger partial charge in [-0.1, -0.05) is 13.3 Å². The summed E-state index contributed by atoms with van der Waals surface area (Å²) >= 11 is 3.52. The third-order valence-electron chi connectivity index (χ3n) is 3.37. The molecule has 0 aromatic carbocycles. The Bertz CT molecular complexity index is 343. The van der Waals surface area contributed by atoms with E-state index >= 15 is 0 Å². The van der Waals surface area contributed by atoms with Crippen LogP contribution in [0.4, 0.5) is 5.82 Å². The summed E-state index contributed by atoms with van der Waals surface area (Å²) in [5, 5.41) is 0. The normalized spacial score (nSPS) is 21.9. The summed E-state index contributed by atoms with van der Waals surface area (Å²) in [7, 11) is 0. The Morgan fingerprint density at radius 3 is 3.06 bits per heavy atom. The summed E-state index contributed by atoms with van der Waals surface area (Å²) in [5.41, 5.74) is 0. The molecule has 0 spiro atoms. The quantitative estimate of drug-likeness (QED) is 0.834. The lowest BCUT2D eigenvalue weighted by Gasteiger charge is -2.22. The molecule has 88 valence electrons. The van der Waals surface area contributed by atoms with Gasteiger partial charge in [0.15, 0.2) is 0 Å².